The van der Waals surface area contributed by atoms with Crippen LogP contribution in [-0.4, -0.2) is 34.9 Å². The molecule has 0 spiro atoms. The lowest BCUT2D eigenvalue weighted by Crippen LogP contribution is -2.37. The van der Waals surface area contributed by atoms with Gasteiger partial charge in [-0.25, -0.2) is 13.8 Å². The molecular formula is C10H14ClF2N3O. The topological polar surface area (TPSA) is 38.1 Å². The Hall–Kier alpha value is -1.17. The van der Waals surface area contributed by atoms with Crippen LogP contribution in [0, 0.1) is 0 Å². The second-order valence-electron chi connectivity index (χ2n) is 3.37. The van der Waals surface area contributed by atoms with Gasteiger partial charge in [0.1, 0.15) is 0 Å². The molecule has 0 aliphatic carbocycles. The number of anilines is 1. The Balaban J connectivity index is 3.05. The molecule has 0 atom stereocenters. The largest absolute Gasteiger partial charge is 0.345 e. The molecule has 96 valence electrons. The number of nitrogens with zero attached hydrogens (tertiary/aromatic N) is 3. The molecule has 0 amide bonds. The first kappa shape index (κ1) is 13.9. The van der Waals surface area contributed by atoms with E-state index in [-0.39, 0.29) is 23.8 Å². The highest BCUT2D eigenvalue weighted by atomic mass is 35.5. The molecule has 0 fully saturated rings. The zero-order chi connectivity index (χ0) is 12.8. The number of hydrogen-bond donors (Lipinski definition) is 0. The molecule has 0 aromatic carbocycles. The first-order chi connectivity index (χ1) is 8.10. The minimum atomic E-state index is -2.53. The Morgan fingerprint density at radius 3 is 2.82 bits per heavy atom. The van der Waals surface area contributed by atoms with E-state index in [2.05, 4.69) is 4.98 Å². The number of aromatic nitrogens is 2. The molecule has 17 heavy (non-hydrogen) atoms. The third-order valence-corrected chi connectivity index (χ3v) is 2.42. The average molecular weight is 266 g/mol. The fourth-order valence-corrected chi connectivity index (χ4v) is 1.66. The summed E-state index contributed by atoms with van der Waals surface area (Å²) in [4.78, 5) is 16.9. The van der Waals surface area contributed by atoms with Crippen molar-refractivity contribution >= 4 is 17.4 Å². The van der Waals surface area contributed by atoms with Crippen LogP contribution >= 0.6 is 11.6 Å². The van der Waals surface area contributed by atoms with Gasteiger partial charge in [0, 0.05) is 31.4 Å². The maximum atomic E-state index is 12.4. The van der Waals surface area contributed by atoms with Crippen LogP contribution in [0.15, 0.2) is 17.2 Å². The van der Waals surface area contributed by atoms with Crippen LogP contribution in [0.5, 0.6) is 0 Å². The van der Waals surface area contributed by atoms with Crippen molar-refractivity contribution in [1.82, 2.24) is 9.55 Å². The molecule has 0 bridgehead atoms. The van der Waals surface area contributed by atoms with Gasteiger partial charge in [0.15, 0.2) is 5.82 Å². The molecule has 0 N–H and O–H groups in total. The van der Waals surface area contributed by atoms with Crippen LogP contribution in [0.3, 0.4) is 0 Å². The van der Waals surface area contributed by atoms with Gasteiger partial charge >= 0.3 is 0 Å². The van der Waals surface area contributed by atoms with Crippen LogP contribution in [0.2, 0.25) is 0 Å². The minimum absolute atomic E-state index is 0.0234. The lowest BCUT2D eigenvalue weighted by molar-refractivity contribution is 0.155. The van der Waals surface area contributed by atoms with Crippen molar-refractivity contribution < 1.29 is 8.78 Å². The van der Waals surface area contributed by atoms with Gasteiger partial charge in [-0.2, -0.15) is 0 Å². The molecule has 4 nitrogen and oxygen atoms in total. The minimum Gasteiger partial charge on any atom is -0.345 e. The van der Waals surface area contributed by atoms with Gasteiger partial charge < -0.3 is 9.47 Å². The van der Waals surface area contributed by atoms with Gasteiger partial charge in [0.2, 0.25) is 0 Å². The second kappa shape index (κ2) is 6.54. The van der Waals surface area contributed by atoms with Crippen LogP contribution in [0.25, 0.3) is 0 Å². The van der Waals surface area contributed by atoms with Gasteiger partial charge in [0.25, 0.3) is 12.0 Å². The van der Waals surface area contributed by atoms with Crippen molar-refractivity contribution in [3.8, 4) is 0 Å². The second-order valence-corrected chi connectivity index (χ2v) is 3.75. The molecule has 1 aromatic rings. The summed E-state index contributed by atoms with van der Waals surface area (Å²) in [6.45, 7) is 1.90. The van der Waals surface area contributed by atoms with Crippen molar-refractivity contribution in [3.05, 3.63) is 22.7 Å². The van der Waals surface area contributed by atoms with Gasteiger partial charge in [-0.1, -0.05) is 0 Å². The van der Waals surface area contributed by atoms with Crippen LogP contribution in [-0.2, 0) is 6.54 Å². The van der Waals surface area contributed by atoms with E-state index in [1.54, 1.807) is 6.92 Å². The first-order valence-electron chi connectivity index (χ1n) is 5.24. The Morgan fingerprint density at radius 2 is 2.29 bits per heavy atom. The molecule has 0 aliphatic heterocycles. The van der Waals surface area contributed by atoms with E-state index in [0.717, 1.165) is 0 Å². The third-order valence-electron chi connectivity index (χ3n) is 2.25. The van der Waals surface area contributed by atoms with Crippen LogP contribution in [0.1, 0.15) is 6.92 Å². The number of rotatable bonds is 6. The smallest absolute Gasteiger partial charge is 0.293 e. The van der Waals surface area contributed by atoms with Crippen molar-refractivity contribution in [1.29, 1.82) is 0 Å². The zero-order valence-corrected chi connectivity index (χ0v) is 10.2. The monoisotopic (exact) mass is 265 g/mol. The normalized spacial score (nSPS) is 10.9. The van der Waals surface area contributed by atoms with E-state index in [4.69, 9.17) is 11.6 Å². The summed E-state index contributed by atoms with van der Waals surface area (Å²) in [6, 6.07) is 0. The molecular weight excluding hydrogens is 252 g/mol. The Bertz CT molecular complexity index is 411. The molecule has 0 radical (unpaired) electrons. The van der Waals surface area contributed by atoms with Gasteiger partial charge in [-0.15, -0.1) is 11.6 Å². The van der Waals surface area contributed by atoms with Crippen molar-refractivity contribution in [3.63, 3.8) is 0 Å². The van der Waals surface area contributed by atoms with Crippen molar-refractivity contribution in [2.75, 3.05) is 23.9 Å². The number of halogens is 3. The van der Waals surface area contributed by atoms with Gasteiger partial charge in [-0.05, 0) is 6.92 Å². The first-order valence-corrected chi connectivity index (χ1v) is 5.78. The molecule has 1 rings (SSSR count). The maximum Gasteiger partial charge on any atom is 0.293 e. The summed E-state index contributed by atoms with van der Waals surface area (Å²) >= 11 is 5.53. The number of aryl methyl sites for hydroxylation is 1. The Kier molecular flexibility index (Phi) is 5.34. The predicted molar refractivity (Wildman–Crippen MR) is 63.1 cm³/mol. The van der Waals surface area contributed by atoms with Gasteiger partial charge in [0.05, 0.1) is 6.54 Å². The average Bonchev–Trinajstić information content (AvgIpc) is 2.28. The highest BCUT2D eigenvalue weighted by molar-refractivity contribution is 6.18. The predicted octanol–water partition coefficient (Wildman–Crippen LogP) is 1.57. The number of hydrogen-bond acceptors (Lipinski definition) is 3. The zero-order valence-electron chi connectivity index (χ0n) is 9.44. The van der Waals surface area contributed by atoms with Crippen molar-refractivity contribution in [2.24, 2.45) is 0 Å². The van der Waals surface area contributed by atoms with Crippen molar-refractivity contribution in [2.45, 2.75) is 19.9 Å². The fraction of sp³-hybridized carbons (Fsp3) is 0.600. The maximum absolute atomic E-state index is 12.4. The summed E-state index contributed by atoms with van der Waals surface area (Å²) in [5.74, 6) is 0.185. The lowest BCUT2D eigenvalue weighted by atomic mass is 10.4. The summed E-state index contributed by atoms with van der Waals surface area (Å²) in [6.07, 6.45) is 0.412. The van der Waals surface area contributed by atoms with E-state index >= 15 is 0 Å². The molecule has 7 heteroatoms. The molecule has 0 saturated carbocycles. The third kappa shape index (κ3) is 3.66. The molecule has 0 aliphatic rings. The SMILES string of the molecule is CCn1ccnc(N(CCCl)CC(F)F)c1=O. The summed E-state index contributed by atoms with van der Waals surface area (Å²) in [7, 11) is 0. The lowest BCUT2D eigenvalue weighted by Gasteiger charge is -2.21. The summed E-state index contributed by atoms with van der Waals surface area (Å²) < 4.78 is 26.2. The van der Waals surface area contributed by atoms with E-state index in [9.17, 15) is 13.6 Å². The summed E-state index contributed by atoms with van der Waals surface area (Å²) in [5, 5.41) is 0. The number of alkyl halides is 3. The standard InChI is InChI=1S/C10H14ClF2N3O/c1-2-15-6-4-14-9(10(15)17)16(5-3-11)7-8(12)13/h4,6,8H,2-3,5,7H2,1H3. The highest BCUT2D eigenvalue weighted by Gasteiger charge is 2.17. The van der Waals surface area contributed by atoms with Gasteiger partial charge in [-0.3, -0.25) is 4.79 Å². The Labute approximate surface area is 103 Å². The molecule has 1 aromatic heterocycles. The Morgan fingerprint density at radius 1 is 1.59 bits per heavy atom. The van der Waals surface area contributed by atoms with Crippen LogP contribution < -0.4 is 10.5 Å². The summed E-state index contributed by atoms with van der Waals surface area (Å²) in [5.41, 5.74) is -0.374. The van der Waals surface area contributed by atoms with Crippen LogP contribution in [0.4, 0.5) is 14.6 Å². The van der Waals surface area contributed by atoms with E-state index < -0.39 is 13.0 Å². The fourth-order valence-electron chi connectivity index (χ4n) is 1.45. The molecule has 0 saturated heterocycles. The quantitative estimate of drug-likeness (QED) is 0.733. The van der Waals surface area contributed by atoms with E-state index in [1.807, 2.05) is 0 Å². The van der Waals surface area contributed by atoms with E-state index in [1.165, 1.54) is 21.9 Å². The molecule has 0 unspecified atom stereocenters. The highest BCUT2D eigenvalue weighted by Crippen LogP contribution is 2.07. The van der Waals surface area contributed by atoms with E-state index in [0.29, 0.717) is 6.54 Å². The molecule has 1 heterocycles.